The molecule has 2 N–H and O–H groups in total. The van der Waals surface area contributed by atoms with E-state index in [2.05, 4.69) is 10.6 Å². The molecule has 0 aromatic heterocycles. The van der Waals surface area contributed by atoms with Gasteiger partial charge in [-0.15, -0.1) is 12.4 Å². The van der Waals surface area contributed by atoms with Crippen LogP contribution in [0.1, 0.15) is 24.2 Å². The van der Waals surface area contributed by atoms with Gasteiger partial charge in [-0.05, 0) is 26.0 Å². The number of benzene rings is 1. The number of nitrogens with zero attached hydrogens (tertiary/aromatic N) is 1. The first-order valence-electron chi connectivity index (χ1n) is 8.75. The number of carbonyl (C=O) groups is 2. The molecule has 0 aliphatic carbocycles. The predicted molar refractivity (Wildman–Crippen MR) is 101 cm³/mol. The fourth-order valence-corrected chi connectivity index (χ4v) is 2.83. The lowest BCUT2D eigenvalue weighted by Gasteiger charge is -2.36. The summed E-state index contributed by atoms with van der Waals surface area (Å²) in [6, 6.07) is 4.56. The Morgan fingerprint density at radius 2 is 1.93 bits per heavy atom. The van der Waals surface area contributed by atoms with Gasteiger partial charge in [0, 0.05) is 38.3 Å². The van der Waals surface area contributed by atoms with Crippen molar-refractivity contribution in [3.05, 3.63) is 29.8 Å². The average molecular weight is 424 g/mol. The van der Waals surface area contributed by atoms with Gasteiger partial charge in [-0.25, -0.2) is 0 Å². The van der Waals surface area contributed by atoms with Crippen molar-refractivity contribution in [3.63, 3.8) is 0 Å². The summed E-state index contributed by atoms with van der Waals surface area (Å²) in [6.07, 6.45) is -5.44. The van der Waals surface area contributed by atoms with Crippen LogP contribution in [0, 0.1) is 0 Å². The fraction of sp³-hybridized carbons (Fsp3) is 0.556. The summed E-state index contributed by atoms with van der Waals surface area (Å²) < 4.78 is 45.5. The van der Waals surface area contributed by atoms with Crippen molar-refractivity contribution in [2.45, 2.75) is 32.2 Å². The van der Waals surface area contributed by atoms with E-state index in [1.165, 1.54) is 24.8 Å². The van der Waals surface area contributed by atoms with Crippen molar-refractivity contribution >= 4 is 24.1 Å². The largest absolute Gasteiger partial charge is 0.481 e. The lowest BCUT2D eigenvalue weighted by atomic mass is 10.1. The predicted octanol–water partition coefficient (Wildman–Crippen LogP) is 2.03. The van der Waals surface area contributed by atoms with Gasteiger partial charge < -0.3 is 15.4 Å². The van der Waals surface area contributed by atoms with Gasteiger partial charge in [0.1, 0.15) is 11.8 Å². The van der Waals surface area contributed by atoms with E-state index in [9.17, 15) is 22.8 Å². The standard InChI is InChI=1S/C18H24F3N3O3.ClH/c1-12(25)14-4-3-5-15(10-14)27-13(2)17(26)23-11-16(18(19,20)21)24-8-6-22-7-9-24;/h3-5,10,13,16,22H,6-9,11H2,1-2H3,(H,23,26);1H. The third kappa shape index (κ3) is 6.96. The van der Waals surface area contributed by atoms with Gasteiger partial charge in [0.15, 0.2) is 11.9 Å². The van der Waals surface area contributed by atoms with Gasteiger partial charge >= 0.3 is 6.18 Å². The number of hydrogen-bond acceptors (Lipinski definition) is 5. The minimum Gasteiger partial charge on any atom is -0.481 e. The van der Waals surface area contributed by atoms with Gasteiger partial charge in [0.25, 0.3) is 5.91 Å². The number of piperazine rings is 1. The smallest absolute Gasteiger partial charge is 0.405 e. The number of nitrogens with one attached hydrogen (secondary N) is 2. The van der Waals surface area contributed by atoms with Crippen molar-refractivity contribution in [3.8, 4) is 5.75 Å². The Balaban J connectivity index is 0.00000392. The Bertz CT molecular complexity index is 667. The van der Waals surface area contributed by atoms with Crippen molar-refractivity contribution in [1.29, 1.82) is 0 Å². The Kier molecular flexibility index (Phi) is 9.19. The van der Waals surface area contributed by atoms with Crippen molar-refractivity contribution < 1.29 is 27.5 Å². The van der Waals surface area contributed by atoms with Crippen molar-refractivity contribution in [2.75, 3.05) is 32.7 Å². The van der Waals surface area contributed by atoms with Crippen LogP contribution in [0.25, 0.3) is 0 Å². The zero-order valence-electron chi connectivity index (χ0n) is 15.7. The SMILES string of the molecule is CC(=O)c1cccc(OC(C)C(=O)NCC(N2CCNCC2)C(F)(F)F)c1.Cl. The van der Waals surface area contributed by atoms with E-state index in [0.717, 1.165) is 0 Å². The summed E-state index contributed by atoms with van der Waals surface area (Å²) >= 11 is 0. The number of carbonyl (C=O) groups excluding carboxylic acids is 2. The second kappa shape index (κ2) is 10.6. The molecule has 1 aliphatic heterocycles. The summed E-state index contributed by atoms with van der Waals surface area (Å²) in [6.45, 7) is 3.81. The number of ether oxygens (including phenoxy) is 1. The minimum absolute atomic E-state index is 0. The molecule has 1 aromatic carbocycles. The van der Waals surface area contributed by atoms with Crippen LogP contribution in [0.3, 0.4) is 0 Å². The number of amides is 1. The van der Waals surface area contributed by atoms with Gasteiger partial charge in [-0.1, -0.05) is 12.1 Å². The normalized spacial score (nSPS) is 17.2. The number of halogens is 4. The molecule has 1 aromatic rings. The molecule has 6 nitrogen and oxygen atoms in total. The zero-order valence-corrected chi connectivity index (χ0v) is 16.5. The van der Waals surface area contributed by atoms with Crippen molar-refractivity contribution in [2.24, 2.45) is 0 Å². The molecule has 0 spiro atoms. The quantitative estimate of drug-likeness (QED) is 0.657. The van der Waals surface area contributed by atoms with Crippen LogP contribution in [0.4, 0.5) is 13.2 Å². The highest BCUT2D eigenvalue weighted by molar-refractivity contribution is 5.94. The summed E-state index contributed by atoms with van der Waals surface area (Å²) in [4.78, 5) is 24.9. The second-order valence-electron chi connectivity index (χ2n) is 6.43. The molecule has 1 amide bonds. The average Bonchev–Trinajstić information content (AvgIpc) is 2.61. The van der Waals surface area contributed by atoms with E-state index in [4.69, 9.17) is 4.74 Å². The van der Waals surface area contributed by atoms with E-state index in [1.807, 2.05) is 0 Å². The number of rotatable bonds is 7. The monoisotopic (exact) mass is 423 g/mol. The highest BCUT2D eigenvalue weighted by Gasteiger charge is 2.44. The Labute approximate surface area is 168 Å². The van der Waals surface area contributed by atoms with Crippen LogP contribution in [0.5, 0.6) is 5.75 Å². The van der Waals surface area contributed by atoms with Crippen molar-refractivity contribution in [1.82, 2.24) is 15.5 Å². The molecule has 2 rings (SSSR count). The lowest BCUT2D eigenvalue weighted by Crippen LogP contribution is -2.58. The molecule has 1 aliphatic rings. The summed E-state index contributed by atoms with van der Waals surface area (Å²) in [5.74, 6) is -0.492. The molecule has 1 heterocycles. The fourth-order valence-electron chi connectivity index (χ4n) is 2.83. The third-order valence-electron chi connectivity index (χ3n) is 4.36. The number of Topliss-reactive ketones (excluding diaryl/α,β-unsaturated/α-hetero) is 1. The van der Waals surface area contributed by atoms with Crippen LogP contribution in [-0.4, -0.2) is 67.6 Å². The first-order chi connectivity index (χ1) is 12.7. The van der Waals surface area contributed by atoms with Gasteiger partial charge in [-0.3, -0.25) is 14.5 Å². The summed E-state index contributed by atoms with van der Waals surface area (Å²) in [5.41, 5.74) is 0.427. The van der Waals surface area contributed by atoms with Crippen LogP contribution in [0.15, 0.2) is 24.3 Å². The Morgan fingerprint density at radius 1 is 1.29 bits per heavy atom. The molecule has 0 bridgehead atoms. The first-order valence-corrected chi connectivity index (χ1v) is 8.75. The van der Waals surface area contributed by atoms with Crippen LogP contribution in [0.2, 0.25) is 0 Å². The third-order valence-corrected chi connectivity index (χ3v) is 4.36. The van der Waals surface area contributed by atoms with Crippen LogP contribution < -0.4 is 15.4 Å². The van der Waals surface area contributed by atoms with Crippen LogP contribution in [-0.2, 0) is 4.79 Å². The Hall–Kier alpha value is -1.84. The molecular formula is C18H25ClF3N3O3. The number of hydrogen-bond donors (Lipinski definition) is 2. The lowest BCUT2D eigenvalue weighted by molar-refractivity contribution is -0.184. The van der Waals surface area contributed by atoms with Gasteiger partial charge in [0.2, 0.25) is 0 Å². The van der Waals surface area contributed by atoms with Gasteiger partial charge in [0.05, 0.1) is 0 Å². The maximum atomic E-state index is 13.3. The Morgan fingerprint density at radius 3 is 2.50 bits per heavy atom. The second-order valence-corrected chi connectivity index (χ2v) is 6.43. The molecule has 1 saturated heterocycles. The molecule has 2 atom stereocenters. The topological polar surface area (TPSA) is 70.7 Å². The number of alkyl halides is 3. The molecule has 158 valence electrons. The highest BCUT2D eigenvalue weighted by atomic mass is 35.5. The van der Waals surface area contributed by atoms with E-state index >= 15 is 0 Å². The van der Waals surface area contributed by atoms with E-state index in [-0.39, 0.29) is 31.3 Å². The van der Waals surface area contributed by atoms with E-state index in [0.29, 0.717) is 24.4 Å². The van der Waals surface area contributed by atoms with Gasteiger partial charge in [-0.2, -0.15) is 13.2 Å². The first kappa shape index (κ1) is 24.2. The molecular weight excluding hydrogens is 399 g/mol. The highest BCUT2D eigenvalue weighted by Crippen LogP contribution is 2.25. The summed E-state index contributed by atoms with van der Waals surface area (Å²) in [5, 5.41) is 5.33. The number of ketones is 1. The van der Waals surface area contributed by atoms with E-state index in [1.54, 1.807) is 18.2 Å². The molecule has 0 saturated carbocycles. The maximum absolute atomic E-state index is 13.3. The molecule has 1 fully saturated rings. The maximum Gasteiger partial charge on any atom is 0.405 e. The molecule has 2 unspecified atom stereocenters. The molecule has 0 radical (unpaired) electrons. The minimum atomic E-state index is -4.44. The molecule has 28 heavy (non-hydrogen) atoms. The molecule has 10 heteroatoms. The van der Waals surface area contributed by atoms with E-state index < -0.39 is 30.8 Å². The zero-order chi connectivity index (χ0) is 20.0. The summed E-state index contributed by atoms with van der Waals surface area (Å²) in [7, 11) is 0. The van der Waals surface area contributed by atoms with Crippen LogP contribution >= 0.6 is 12.4 Å².